The third kappa shape index (κ3) is 22.8. The van der Waals surface area contributed by atoms with Crippen LogP contribution in [0.5, 0.6) is 11.5 Å². The molecule has 0 saturated heterocycles. The van der Waals surface area contributed by atoms with E-state index in [9.17, 15) is 72.9 Å². The van der Waals surface area contributed by atoms with Crippen molar-refractivity contribution in [1.82, 2.24) is 52.8 Å². The van der Waals surface area contributed by atoms with Crippen molar-refractivity contribution in [3.05, 3.63) is 132 Å². The minimum atomic E-state index is -1.76. The van der Waals surface area contributed by atoms with Crippen LogP contribution < -0.4 is 65.1 Å². The lowest BCUT2D eigenvalue weighted by molar-refractivity contribution is -0.142. The second-order valence-corrected chi connectivity index (χ2v) is 21.9. The van der Waals surface area contributed by atoms with E-state index >= 15 is 0 Å². The van der Waals surface area contributed by atoms with Crippen molar-refractivity contribution in [2.75, 3.05) is 6.54 Å². The number of rotatable bonds is 34. The Morgan fingerprint density at radius 2 is 0.933 bits per heavy atom. The molecule has 11 amide bonds. The van der Waals surface area contributed by atoms with Gasteiger partial charge >= 0.3 is 5.97 Å². The number of nitrogens with two attached hydrogens (primary N) is 3. The highest BCUT2D eigenvalue weighted by atomic mass is 16.4. The molecule has 0 bridgehead atoms. The summed E-state index contributed by atoms with van der Waals surface area (Å²) in [4.78, 5) is 164. The third-order valence-corrected chi connectivity index (χ3v) is 13.9. The number of amides is 11. The number of aromatic amines is 1. The van der Waals surface area contributed by atoms with Gasteiger partial charge in [0.1, 0.15) is 59.8 Å². The monoisotopic (exact) mass is 1230 g/mol. The smallest absolute Gasteiger partial charge is 0.326 e. The van der Waals surface area contributed by atoms with Crippen LogP contribution in [0, 0.1) is 5.92 Å². The molecule has 0 aliphatic heterocycles. The molecule has 9 atom stereocenters. The molecule has 1 aromatic heterocycles. The molecule has 4 aromatic carbocycles. The fourth-order valence-electron chi connectivity index (χ4n) is 9.21. The number of aliphatic carboxylic acids is 1. The molecular formula is C61H77N13O15. The van der Waals surface area contributed by atoms with Crippen molar-refractivity contribution in [2.24, 2.45) is 23.1 Å². The fourth-order valence-corrected chi connectivity index (χ4v) is 9.21. The first-order valence-corrected chi connectivity index (χ1v) is 28.6. The van der Waals surface area contributed by atoms with Gasteiger partial charge in [0, 0.05) is 49.2 Å². The number of aromatic nitrogens is 1. The normalized spacial score (nSPS) is 14.1. The number of primary amides is 2. The minimum Gasteiger partial charge on any atom is -0.508 e. The van der Waals surface area contributed by atoms with Crippen molar-refractivity contribution in [1.29, 1.82) is 0 Å². The number of aromatic hydroxyl groups is 2. The van der Waals surface area contributed by atoms with E-state index in [1.165, 1.54) is 62.4 Å². The van der Waals surface area contributed by atoms with E-state index in [0.29, 0.717) is 33.2 Å². The highest BCUT2D eigenvalue weighted by molar-refractivity contribution is 5.99. The lowest BCUT2D eigenvalue weighted by atomic mass is 9.99. The maximum Gasteiger partial charge on any atom is 0.326 e. The molecule has 0 unspecified atom stereocenters. The van der Waals surface area contributed by atoms with Crippen LogP contribution >= 0.6 is 0 Å². The number of carbonyl (C=O) groups is 12. The molecule has 19 N–H and O–H groups in total. The molecule has 28 heteroatoms. The highest BCUT2D eigenvalue weighted by Crippen LogP contribution is 2.21. The van der Waals surface area contributed by atoms with Crippen molar-refractivity contribution in [2.45, 2.75) is 133 Å². The molecule has 0 aliphatic rings. The first kappa shape index (κ1) is 69.4. The third-order valence-electron chi connectivity index (χ3n) is 13.9. The summed E-state index contributed by atoms with van der Waals surface area (Å²) in [7, 11) is 0. The van der Waals surface area contributed by atoms with Gasteiger partial charge in [0.25, 0.3) is 0 Å². The molecule has 476 valence electrons. The standard InChI is InChI=1S/C61H77N13O15/c1-32(2)24-44(70-60(87)48(29-51(64)78)68-52(79)31-66-55(82)45(26-36-14-18-39(75)19-15-36)71-56(83)43(22-23-50(63)77)69-53(80)33(3)62)58(85)73-47(28-38-30-65-42-13-9-8-12-41(38)42)59(86)72-46(25-35-10-6-5-7-11-35)57(84)67-34(4)54(81)74-49(61(88)89)27-37-16-20-40(76)21-17-37/h5-21,30,32-34,43-49,65,75-76H,22-29,31,62H2,1-4H3,(H2,63,77)(H2,64,78)(H,66,82)(H,67,84)(H,68,79)(H,69,80)(H,70,87)(H,71,83)(H,72,86)(H,73,85)(H,74,81)(H,88,89)/t33-,34-,43-,44-,45-,46-,47-,48-,49-/m0/s1. The molecule has 5 rings (SSSR count). The number of benzene rings is 4. The topological polar surface area (TPSA) is 468 Å². The largest absolute Gasteiger partial charge is 0.508 e. The summed E-state index contributed by atoms with van der Waals surface area (Å²) in [5, 5.41) is 52.8. The van der Waals surface area contributed by atoms with Crippen LogP contribution in [-0.2, 0) is 83.2 Å². The quantitative estimate of drug-likeness (QED) is 0.0222. The van der Waals surface area contributed by atoms with Crippen molar-refractivity contribution < 1.29 is 72.9 Å². The van der Waals surface area contributed by atoms with Gasteiger partial charge in [-0.05, 0) is 85.2 Å². The molecule has 5 aromatic rings. The lowest BCUT2D eigenvalue weighted by Crippen LogP contribution is -2.60. The Labute approximate surface area is 512 Å². The average molecular weight is 1230 g/mol. The van der Waals surface area contributed by atoms with E-state index in [2.05, 4.69) is 52.8 Å². The number of hydrogen-bond donors (Lipinski definition) is 16. The molecule has 0 spiro atoms. The van der Waals surface area contributed by atoms with Gasteiger partial charge in [0.15, 0.2) is 0 Å². The van der Waals surface area contributed by atoms with Crippen LogP contribution in [0.2, 0.25) is 0 Å². The summed E-state index contributed by atoms with van der Waals surface area (Å²) >= 11 is 0. The molecule has 1 heterocycles. The summed E-state index contributed by atoms with van der Waals surface area (Å²) in [6, 6.07) is 14.1. The number of carbonyl (C=O) groups excluding carboxylic acids is 11. The van der Waals surface area contributed by atoms with Crippen LogP contribution in [0.3, 0.4) is 0 Å². The summed E-state index contributed by atoms with van der Waals surface area (Å²) in [5.74, 6) is -12.0. The Morgan fingerprint density at radius 1 is 0.472 bits per heavy atom. The van der Waals surface area contributed by atoms with E-state index in [0.717, 1.165) is 0 Å². The molecule has 28 nitrogen and oxygen atoms in total. The van der Waals surface area contributed by atoms with Gasteiger partial charge in [0.05, 0.1) is 19.0 Å². The van der Waals surface area contributed by atoms with Crippen LogP contribution in [0.25, 0.3) is 10.9 Å². The molecule has 0 fully saturated rings. The first-order valence-electron chi connectivity index (χ1n) is 28.6. The van der Waals surface area contributed by atoms with Gasteiger partial charge in [-0.25, -0.2) is 4.79 Å². The fraction of sp³-hybridized carbons (Fsp3) is 0.377. The maximum absolute atomic E-state index is 14.8. The van der Waals surface area contributed by atoms with Gasteiger partial charge in [-0.1, -0.05) is 86.6 Å². The second-order valence-electron chi connectivity index (χ2n) is 21.9. The number of fused-ring (bicyclic) bond motifs is 1. The summed E-state index contributed by atoms with van der Waals surface area (Å²) in [5.41, 5.74) is 19.2. The number of carboxylic acids is 1. The molecule has 0 saturated carbocycles. The first-order chi connectivity index (χ1) is 42.1. The van der Waals surface area contributed by atoms with Crippen LogP contribution in [0.4, 0.5) is 0 Å². The number of phenols is 2. The zero-order valence-corrected chi connectivity index (χ0v) is 49.5. The van der Waals surface area contributed by atoms with Gasteiger partial charge < -0.3 is 85.4 Å². The Kier molecular flexibility index (Phi) is 26.1. The number of nitrogens with one attached hydrogen (secondary N) is 10. The van der Waals surface area contributed by atoms with E-state index < -0.39 is 138 Å². The highest BCUT2D eigenvalue weighted by Gasteiger charge is 2.35. The van der Waals surface area contributed by atoms with Gasteiger partial charge in [-0.3, -0.25) is 52.7 Å². The number of para-hydroxylation sites is 1. The molecule has 0 radical (unpaired) electrons. The van der Waals surface area contributed by atoms with Crippen molar-refractivity contribution in [3.63, 3.8) is 0 Å². The summed E-state index contributed by atoms with van der Waals surface area (Å²) in [6.07, 6.45) is -0.569. The Hall–Kier alpha value is -10.4. The van der Waals surface area contributed by atoms with E-state index in [-0.39, 0.29) is 62.4 Å². The number of H-pyrrole nitrogens is 1. The molecule has 89 heavy (non-hydrogen) atoms. The van der Waals surface area contributed by atoms with E-state index in [1.807, 2.05) is 0 Å². The van der Waals surface area contributed by atoms with Crippen LogP contribution in [0.15, 0.2) is 109 Å². The average Bonchev–Trinajstić information content (AvgIpc) is 2.26. The predicted octanol–water partition coefficient (Wildman–Crippen LogP) is -1.52. The van der Waals surface area contributed by atoms with Crippen LogP contribution in [0.1, 0.15) is 75.6 Å². The maximum atomic E-state index is 14.8. The minimum absolute atomic E-state index is 0.0468. The molecule has 0 aliphatic carbocycles. The van der Waals surface area contributed by atoms with Crippen LogP contribution in [-0.4, -0.2) is 152 Å². The van der Waals surface area contributed by atoms with Gasteiger partial charge in [-0.15, -0.1) is 0 Å². The second kappa shape index (κ2) is 33.5. The van der Waals surface area contributed by atoms with Gasteiger partial charge in [-0.2, -0.15) is 0 Å². The Morgan fingerprint density at radius 3 is 1.48 bits per heavy atom. The molecular weight excluding hydrogens is 1150 g/mol. The number of phenolic OH excluding ortho intramolecular Hbond substituents is 2. The number of hydrogen-bond acceptors (Lipinski definition) is 15. The van der Waals surface area contributed by atoms with E-state index in [1.54, 1.807) is 74.6 Å². The van der Waals surface area contributed by atoms with E-state index in [4.69, 9.17) is 17.2 Å². The van der Waals surface area contributed by atoms with Gasteiger partial charge in [0.2, 0.25) is 65.0 Å². The zero-order chi connectivity index (χ0) is 65.5. The van der Waals surface area contributed by atoms with Crippen molar-refractivity contribution in [3.8, 4) is 11.5 Å². The number of carboxylic acid groups (broad SMARTS) is 1. The summed E-state index contributed by atoms with van der Waals surface area (Å²) < 4.78 is 0. The zero-order valence-electron chi connectivity index (χ0n) is 49.5. The Balaban J connectivity index is 1.35. The summed E-state index contributed by atoms with van der Waals surface area (Å²) in [6.45, 7) is 5.27. The Bertz CT molecular complexity index is 3320. The lowest BCUT2D eigenvalue weighted by Gasteiger charge is -2.27. The SMILES string of the molecule is CC(C)C[C@H](NC(=O)[C@H](CC(N)=O)NC(=O)CNC(=O)[C@H](Cc1ccc(O)cc1)NC(=O)[C@H](CCC(N)=O)NC(=O)[C@H](C)N)C(=O)N[C@@H](Cc1c[nH]c2ccccc12)C(=O)N[C@@H](Cc1ccccc1)C(=O)N[C@@H](C)C(=O)N[C@@H](Cc1ccc(O)cc1)C(=O)O. The predicted molar refractivity (Wildman–Crippen MR) is 323 cm³/mol. The van der Waals surface area contributed by atoms with Crippen molar-refractivity contribution >= 4 is 81.9 Å².